The van der Waals surface area contributed by atoms with Crippen LogP contribution in [0.3, 0.4) is 0 Å². The summed E-state index contributed by atoms with van der Waals surface area (Å²) in [4.78, 5) is 5.38. The van der Waals surface area contributed by atoms with Crippen LogP contribution in [0.15, 0.2) is 52.0 Å². The van der Waals surface area contributed by atoms with E-state index in [2.05, 4.69) is 56.8 Å². The number of pyridine rings is 1. The van der Waals surface area contributed by atoms with Crippen LogP contribution in [0.4, 0.5) is 5.82 Å². The Morgan fingerprint density at radius 2 is 1.94 bits per heavy atom. The highest BCUT2D eigenvalue weighted by Gasteiger charge is 1.96. The fourth-order valence-corrected chi connectivity index (χ4v) is 2.12. The van der Waals surface area contributed by atoms with Gasteiger partial charge < -0.3 is 4.72 Å². The Balaban J connectivity index is 1.99. The summed E-state index contributed by atoms with van der Waals surface area (Å²) in [7, 11) is 0. The van der Waals surface area contributed by atoms with E-state index in [1.165, 1.54) is 10.5 Å². The Labute approximate surface area is 108 Å². The molecule has 82 valence electrons. The first-order chi connectivity index (χ1) is 7.74. The third-order valence-electron chi connectivity index (χ3n) is 2.02. The molecule has 0 atom stereocenters. The minimum atomic E-state index is 0.847. The molecule has 0 saturated heterocycles. The average molecular weight is 295 g/mol. The van der Waals surface area contributed by atoms with Gasteiger partial charge in [-0.25, -0.2) is 4.98 Å². The summed E-state index contributed by atoms with van der Waals surface area (Å²) >= 11 is 4.97. The van der Waals surface area contributed by atoms with Gasteiger partial charge in [-0.15, -0.1) is 0 Å². The van der Waals surface area contributed by atoms with Crippen molar-refractivity contribution < 1.29 is 0 Å². The van der Waals surface area contributed by atoms with Gasteiger partial charge in [0.25, 0.3) is 0 Å². The number of aryl methyl sites for hydroxylation is 1. The molecule has 0 saturated carbocycles. The molecule has 1 aromatic heterocycles. The molecule has 16 heavy (non-hydrogen) atoms. The number of anilines is 1. The second-order valence-electron chi connectivity index (χ2n) is 3.38. The quantitative estimate of drug-likeness (QED) is 0.856. The minimum Gasteiger partial charge on any atom is -0.310 e. The summed E-state index contributed by atoms with van der Waals surface area (Å²) in [5.41, 5.74) is 1.27. The predicted molar refractivity (Wildman–Crippen MR) is 72.6 cm³/mol. The number of nitrogens with zero attached hydrogens (tertiary/aromatic N) is 1. The van der Waals surface area contributed by atoms with Gasteiger partial charge in [0.05, 0.1) is 0 Å². The molecule has 0 aliphatic rings. The predicted octanol–water partition coefficient (Wildman–Crippen LogP) is 4.27. The first-order valence-electron chi connectivity index (χ1n) is 4.85. The van der Waals surface area contributed by atoms with E-state index in [1.54, 1.807) is 18.1 Å². The number of nitrogens with one attached hydrogen (secondary N) is 1. The van der Waals surface area contributed by atoms with Crippen molar-refractivity contribution in [1.29, 1.82) is 0 Å². The monoisotopic (exact) mass is 294 g/mol. The van der Waals surface area contributed by atoms with Crippen LogP contribution >= 0.6 is 27.9 Å². The van der Waals surface area contributed by atoms with Gasteiger partial charge in [0.2, 0.25) is 0 Å². The summed E-state index contributed by atoms with van der Waals surface area (Å²) in [5.74, 6) is 0.847. The fourth-order valence-electron chi connectivity index (χ4n) is 1.18. The Morgan fingerprint density at radius 1 is 1.19 bits per heavy atom. The van der Waals surface area contributed by atoms with Crippen LogP contribution in [0, 0.1) is 6.92 Å². The van der Waals surface area contributed by atoms with E-state index in [1.807, 2.05) is 12.1 Å². The zero-order chi connectivity index (χ0) is 11.4. The zero-order valence-electron chi connectivity index (χ0n) is 8.77. The zero-order valence-corrected chi connectivity index (χ0v) is 11.2. The number of rotatable bonds is 3. The van der Waals surface area contributed by atoms with Gasteiger partial charge in [-0.05, 0) is 43.1 Å². The smallest absolute Gasteiger partial charge is 0.137 e. The average Bonchev–Trinajstić information content (AvgIpc) is 2.28. The van der Waals surface area contributed by atoms with Gasteiger partial charge in [0.15, 0.2) is 0 Å². The summed E-state index contributed by atoms with van der Waals surface area (Å²) in [6.45, 7) is 2.08. The maximum absolute atomic E-state index is 4.21. The standard InChI is InChI=1S/C12H11BrN2S/c1-9-2-4-11(5-3-9)16-15-12-8-10(13)6-7-14-12/h2-8H,1H3,(H,14,15). The molecular formula is C12H11BrN2S. The molecule has 1 heterocycles. The van der Waals surface area contributed by atoms with Crippen LogP contribution in [0.1, 0.15) is 5.56 Å². The molecule has 2 rings (SSSR count). The number of benzene rings is 1. The fraction of sp³-hybridized carbons (Fsp3) is 0.0833. The highest BCUT2D eigenvalue weighted by atomic mass is 79.9. The van der Waals surface area contributed by atoms with Crippen molar-refractivity contribution in [2.75, 3.05) is 4.72 Å². The molecule has 1 N–H and O–H groups in total. The van der Waals surface area contributed by atoms with Crippen LogP contribution in [-0.2, 0) is 0 Å². The molecular weight excluding hydrogens is 284 g/mol. The minimum absolute atomic E-state index is 0.847. The third kappa shape index (κ3) is 3.25. The Morgan fingerprint density at radius 3 is 2.62 bits per heavy atom. The van der Waals surface area contributed by atoms with Crippen molar-refractivity contribution in [2.45, 2.75) is 11.8 Å². The topological polar surface area (TPSA) is 24.9 Å². The van der Waals surface area contributed by atoms with Gasteiger partial charge in [-0.2, -0.15) is 0 Å². The normalized spacial score (nSPS) is 10.1. The molecule has 0 aliphatic carbocycles. The summed E-state index contributed by atoms with van der Waals surface area (Å²) in [5, 5.41) is 0. The lowest BCUT2D eigenvalue weighted by atomic mass is 10.2. The maximum Gasteiger partial charge on any atom is 0.137 e. The van der Waals surface area contributed by atoms with Crippen LogP contribution in [0.2, 0.25) is 0 Å². The van der Waals surface area contributed by atoms with Crippen molar-refractivity contribution >= 4 is 33.7 Å². The van der Waals surface area contributed by atoms with E-state index in [9.17, 15) is 0 Å². The van der Waals surface area contributed by atoms with Crippen LogP contribution in [-0.4, -0.2) is 4.98 Å². The molecule has 0 aliphatic heterocycles. The molecule has 0 bridgehead atoms. The molecule has 4 heteroatoms. The van der Waals surface area contributed by atoms with E-state index in [0.29, 0.717) is 0 Å². The van der Waals surface area contributed by atoms with E-state index >= 15 is 0 Å². The van der Waals surface area contributed by atoms with E-state index in [4.69, 9.17) is 0 Å². The highest BCUT2D eigenvalue weighted by molar-refractivity contribution is 9.10. The van der Waals surface area contributed by atoms with Crippen molar-refractivity contribution in [1.82, 2.24) is 4.98 Å². The number of hydrogen-bond acceptors (Lipinski definition) is 3. The summed E-state index contributed by atoms with van der Waals surface area (Å²) < 4.78 is 4.22. The molecule has 0 spiro atoms. The number of halogens is 1. The summed E-state index contributed by atoms with van der Waals surface area (Å²) in [6.07, 6.45) is 1.77. The van der Waals surface area contributed by atoms with Gasteiger partial charge >= 0.3 is 0 Å². The first-order valence-corrected chi connectivity index (χ1v) is 6.46. The molecule has 1 aromatic carbocycles. The van der Waals surface area contributed by atoms with E-state index in [-0.39, 0.29) is 0 Å². The van der Waals surface area contributed by atoms with Crippen molar-refractivity contribution in [2.24, 2.45) is 0 Å². The number of aromatic nitrogens is 1. The molecule has 0 radical (unpaired) electrons. The highest BCUT2D eigenvalue weighted by Crippen LogP contribution is 2.21. The first kappa shape index (κ1) is 11.5. The number of hydrogen-bond donors (Lipinski definition) is 1. The van der Waals surface area contributed by atoms with Crippen molar-refractivity contribution in [3.05, 3.63) is 52.6 Å². The Bertz CT molecular complexity index is 471. The van der Waals surface area contributed by atoms with Crippen molar-refractivity contribution in [3.63, 3.8) is 0 Å². The Hall–Kier alpha value is -1.00. The molecule has 0 amide bonds. The van der Waals surface area contributed by atoms with Gasteiger partial charge in [0.1, 0.15) is 5.82 Å². The van der Waals surface area contributed by atoms with E-state index < -0.39 is 0 Å². The van der Waals surface area contributed by atoms with Crippen LogP contribution in [0.25, 0.3) is 0 Å². The van der Waals surface area contributed by atoms with Gasteiger partial charge in [-0.1, -0.05) is 33.6 Å². The molecule has 2 aromatic rings. The second-order valence-corrected chi connectivity index (χ2v) is 5.17. The Kier molecular flexibility index (Phi) is 3.85. The second kappa shape index (κ2) is 5.37. The lowest BCUT2D eigenvalue weighted by Crippen LogP contribution is -1.89. The molecule has 2 nitrogen and oxygen atoms in total. The van der Waals surface area contributed by atoms with Crippen molar-refractivity contribution in [3.8, 4) is 0 Å². The molecule has 0 fully saturated rings. The van der Waals surface area contributed by atoms with Gasteiger partial charge in [0, 0.05) is 15.6 Å². The largest absolute Gasteiger partial charge is 0.310 e. The van der Waals surface area contributed by atoms with Crippen LogP contribution in [0.5, 0.6) is 0 Å². The summed E-state index contributed by atoms with van der Waals surface area (Å²) in [6, 6.07) is 12.2. The van der Waals surface area contributed by atoms with Gasteiger partial charge in [-0.3, -0.25) is 0 Å². The lowest BCUT2D eigenvalue weighted by molar-refractivity contribution is 1.32. The lowest BCUT2D eigenvalue weighted by Gasteiger charge is -2.04. The maximum atomic E-state index is 4.21. The SMILES string of the molecule is Cc1ccc(SNc2cc(Br)ccn2)cc1. The van der Waals surface area contributed by atoms with E-state index in [0.717, 1.165) is 10.3 Å². The molecule has 0 unspecified atom stereocenters. The third-order valence-corrected chi connectivity index (χ3v) is 3.33. The van der Waals surface area contributed by atoms with Crippen LogP contribution < -0.4 is 4.72 Å².